The Labute approximate surface area is 171 Å². The lowest BCUT2D eigenvalue weighted by atomic mass is 9.87. The molecule has 2 saturated heterocycles. The van der Waals surface area contributed by atoms with Crippen molar-refractivity contribution in [1.29, 1.82) is 0 Å². The fourth-order valence-corrected chi connectivity index (χ4v) is 3.54. The SMILES string of the molecule is NC1=C(OC(=O)c2cccnc2)C=CC2C(=O)N(C3CCON(CCO)O3)C(=O)C12. The molecule has 2 fully saturated rings. The van der Waals surface area contributed by atoms with E-state index in [9.17, 15) is 14.4 Å². The zero-order valence-corrected chi connectivity index (χ0v) is 15.8. The average Bonchev–Trinajstić information content (AvgIpc) is 3.01. The number of hydroxylamine groups is 2. The van der Waals surface area contributed by atoms with Gasteiger partial charge >= 0.3 is 5.97 Å². The van der Waals surface area contributed by atoms with Crippen LogP contribution in [0.15, 0.2) is 48.1 Å². The molecular weight excluding hydrogens is 396 g/mol. The van der Waals surface area contributed by atoms with Crippen LogP contribution in [0, 0.1) is 11.8 Å². The van der Waals surface area contributed by atoms with E-state index in [1.54, 1.807) is 6.07 Å². The molecule has 2 aliphatic heterocycles. The molecule has 4 rings (SSSR count). The summed E-state index contributed by atoms with van der Waals surface area (Å²) in [6.45, 7) is 0.0616. The number of pyridine rings is 1. The number of carbonyl (C=O) groups is 3. The Balaban J connectivity index is 1.53. The molecule has 0 saturated carbocycles. The smallest absolute Gasteiger partial charge is 0.345 e. The predicted molar refractivity (Wildman–Crippen MR) is 98.1 cm³/mol. The fourth-order valence-electron chi connectivity index (χ4n) is 3.54. The van der Waals surface area contributed by atoms with Crippen molar-refractivity contribution in [3.8, 4) is 0 Å². The summed E-state index contributed by atoms with van der Waals surface area (Å²) >= 11 is 0. The molecule has 0 spiro atoms. The molecular formula is C19H20N4O7. The van der Waals surface area contributed by atoms with Gasteiger partial charge in [-0.05, 0) is 18.2 Å². The number of nitrogens with zero attached hydrogens (tertiary/aromatic N) is 3. The number of fused-ring (bicyclic) bond motifs is 1. The van der Waals surface area contributed by atoms with Gasteiger partial charge in [-0.25, -0.2) is 9.63 Å². The van der Waals surface area contributed by atoms with Gasteiger partial charge in [-0.15, -0.1) is 0 Å². The minimum Gasteiger partial charge on any atom is -0.421 e. The van der Waals surface area contributed by atoms with E-state index < -0.39 is 35.8 Å². The Morgan fingerprint density at radius 2 is 2.20 bits per heavy atom. The Hall–Kier alpha value is -3.12. The van der Waals surface area contributed by atoms with Crippen molar-refractivity contribution in [3.63, 3.8) is 0 Å². The van der Waals surface area contributed by atoms with E-state index in [1.165, 1.54) is 30.6 Å². The molecule has 1 aromatic rings. The number of likely N-dealkylation sites (tertiary alicyclic amines) is 1. The van der Waals surface area contributed by atoms with Crippen LogP contribution in [0.25, 0.3) is 0 Å². The zero-order chi connectivity index (χ0) is 21.3. The standard InChI is InChI=1S/C19H20N4O7/c20-16-13(29-19(27)11-2-1-6-21-10-11)4-3-12-15(16)18(26)23(17(12)25)14-5-9-28-22(30-14)7-8-24/h1-4,6,10,12,14-15,24H,5,7-9,20H2. The van der Waals surface area contributed by atoms with Crippen LogP contribution in [0.3, 0.4) is 0 Å². The molecule has 0 bridgehead atoms. The van der Waals surface area contributed by atoms with Gasteiger partial charge in [-0.3, -0.25) is 24.3 Å². The Bertz CT molecular complexity index is 915. The molecule has 30 heavy (non-hydrogen) atoms. The van der Waals surface area contributed by atoms with Gasteiger partial charge < -0.3 is 15.6 Å². The van der Waals surface area contributed by atoms with E-state index in [0.29, 0.717) is 0 Å². The molecule has 0 aromatic carbocycles. The molecule has 158 valence electrons. The highest BCUT2D eigenvalue weighted by molar-refractivity contribution is 6.08. The lowest BCUT2D eigenvalue weighted by molar-refractivity contribution is -0.426. The minimum atomic E-state index is -0.989. The van der Waals surface area contributed by atoms with Crippen molar-refractivity contribution in [1.82, 2.24) is 15.1 Å². The maximum Gasteiger partial charge on any atom is 0.345 e. The lowest BCUT2D eigenvalue weighted by Gasteiger charge is -2.34. The number of β-amino-alcohol motifs (C(OH)–C–C–N with tert-alkyl or cyclic N) is 1. The van der Waals surface area contributed by atoms with Crippen molar-refractivity contribution in [2.75, 3.05) is 19.8 Å². The second-order valence-corrected chi connectivity index (χ2v) is 6.82. The van der Waals surface area contributed by atoms with Crippen molar-refractivity contribution >= 4 is 17.8 Å². The summed E-state index contributed by atoms with van der Waals surface area (Å²) in [6.07, 6.45) is 5.18. The normalized spacial score (nSPS) is 26.8. The molecule has 3 unspecified atom stereocenters. The third-order valence-corrected chi connectivity index (χ3v) is 4.97. The number of rotatable bonds is 5. The monoisotopic (exact) mass is 416 g/mol. The summed E-state index contributed by atoms with van der Waals surface area (Å²) in [4.78, 5) is 53.8. The Morgan fingerprint density at radius 1 is 1.37 bits per heavy atom. The molecule has 1 aliphatic carbocycles. The number of aliphatic hydroxyl groups is 1. The van der Waals surface area contributed by atoms with Crippen molar-refractivity contribution in [3.05, 3.63) is 53.7 Å². The van der Waals surface area contributed by atoms with Gasteiger partial charge in [0.15, 0.2) is 6.23 Å². The van der Waals surface area contributed by atoms with Crippen LogP contribution in [0.2, 0.25) is 0 Å². The second kappa shape index (κ2) is 8.32. The van der Waals surface area contributed by atoms with Gasteiger partial charge in [0.2, 0.25) is 11.8 Å². The highest BCUT2D eigenvalue weighted by Gasteiger charge is 2.53. The van der Waals surface area contributed by atoms with Gasteiger partial charge in [-0.1, -0.05) is 11.3 Å². The number of amides is 2. The number of esters is 1. The molecule has 3 heterocycles. The number of allylic oxidation sites excluding steroid dienone is 1. The zero-order valence-electron chi connectivity index (χ0n) is 15.8. The maximum absolute atomic E-state index is 13.0. The molecule has 11 heteroatoms. The second-order valence-electron chi connectivity index (χ2n) is 6.82. The summed E-state index contributed by atoms with van der Waals surface area (Å²) in [6, 6.07) is 3.13. The highest BCUT2D eigenvalue weighted by Crippen LogP contribution is 2.38. The number of aliphatic hydroxyl groups excluding tert-OH is 1. The van der Waals surface area contributed by atoms with E-state index in [-0.39, 0.29) is 43.2 Å². The van der Waals surface area contributed by atoms with E-state index in [1.807, 2.05) is 0 Å². The summed E-state index contributed by atoms with van der Waals surface area (Å²) in [7, 11) is 0. The summed E-state index contributed by atoms with van der Waals surface area (Å²) in [5.41, 5.74) is 6.36. The Kier molecular flexibility index (Phi) is 5.59. The van der Waals surface area contributed by atoms with Gasteiger partial charge in [-0.2, -0.15) is 0 Å². The van der Waals surface area contributed by atoms with Crippen LogP contribution in [0.4, 0.5) is 0 Å². The molecule has 11 nitrogen and oxygen atoms in total. The maximum atomic E-state index is 13.0. The molecule has 1 aromatic heterocycles. The molecule has 3 N–H and O–H groups in total. The molecule has 0 radical (unpaired) electrons. The summed E-state index contributed by atoms with van der Waals surface area (Å²) in [5, 5.41) is 10.1. The van der Waals surface area contributed by atoms with Crippen LogP contribution >= 0.6 is 0 Å². The van der Waals surface area contributed by atoms with E-state index in [0.717, 1.165) is 10.1 Å². The van der Waals surface area contributed by atoms with Crippen LogP contribution in [-0.2, 0) is 24.0 Å². The van der Waals surface area contributed by atoms with Crippen LogP contribution < -0.4 is 5.73 Å². The van der Waals surface area contributed by atoms with Crippen molar-refractivity contribution < 1.29 is 33.9 Å². The number of aromatic nitrogens is 1. The third-order valence-electron chi connectivity index (χ3n) is 4.97. The van der Waals surface area contributed by atoms with Crippen molar-refractivity contribution in [2.45, 2.75) is 12.6 Å². The van der Waals surface area contributed by atoms with Gasteiger partial charge in [0.25, 0.3) is 0 Å². The van der Waals surface area contributed by atoms with Crippen molar-refractivity contribution in [2.24, 2.45) is 17.6 Å². The van der Waals surface area contributed by atoms with Gasteiger partial charge in [0.1, 0.15) is 5.76 Å². The minimum absolute atomic E-state index is 0.000126. The first-order chi connectivity index (χ1) is 14.5. The summed E-state index contributed by atoms with van der Waals surface area (Å²) in [5.74, 6) is -3.46. The number of carbonyl (C=O) groups excluding carboxylic acids is 3. The Morgan fingerprint density at radius 3 is 2.93 bits per heavy atom. The van der Waals surface area contributed by atoms with E-state index in [2.05, 4.69) is 4.98 Å². The first-order valence-corrected chi connectivity index (χ1v) is 9.36. The number of hydrogen-bond donors (Lipinski definition) is 2. The number of ether oxygens (including phenoxy) is 1. The highest BCUT2D eigenvalue weighted by atomic mass is 17.0. The predicted octanol–water partition coefficient (Wildman–Crippen LogP) is -0.533. The quantitative estimate of drug-likeness (QED) is 0.474. The van der Waals surface area contributed by atoms with E-state index in [4.69, 9.17) is 25.3 Å². The largest absolute Gasteiger partial charge is 0.421 e. The van der Waals surface area contributed by atoms with Crippen LogP contribution in [0.1, 0.15) is 16.8 Å². The van der Waals surface area contributed by atoms with E-state index >= 15 is 0 Å². The number of nitrogens with two attached hydrogens (primary N) is 1. The first-order valence-electron chi connectivity index (χ1n) is 9.36. The van der Waals surface area contributed by atoms with Crippen LogP contribution in [0.5, 0.6) is 0 Å². The van der Waals surface area contributed by atoms with Gasteiger partial charge in [0, 0.05) is 18.8 Å². The number of imide groups is 1. The van der Waals surface area contributed by atoms with Crippen LogP contribution in [-0.4, -0.2) is 64.0 Å². The fraction of sp³-hybridized carbons (Fsp3) is 0.368. The van der Waals surface area contributed by atoms with Gasteiger partial charge in [0.05, 0.1) is 42.9 Å². The topological polar surface area (TPSA) is 145 Å². The molecule has 3 atom stereocenters. The number of hydrogen-bond acceptors (Lipinski definition) is 10. The lowest BCUT2D eigenvalue weighted by Crippen LogP contribution is -2.50. The molecule has 3 aliphatic rings. The first kappa shape index (κ1) is 20.2. The summed E-state index contributed by atoms with van der Waals surface area (Å²) < 4.78 is 5.33. The third kappa shape index (κ3) is 3.59. The average molecular weight is 416 g/mol. The molecule has 2 amide bonds.